The normalized spacial score (nSPS) is 18.2. The van der Waals surface area contributed by atoms with E-state index in [4.69, 9.17) is 14.3 Å². The smallest absolute Gasteiger partial charge is 0.277 e. The fourth-order valence-corrected chi connectivity index (χ4v) is 4.22. The van der Waals surface area contributed by atoms with Crippen LogP contribution in [0.4, 0.5) is 0 Å². The number of hydrazone groups is 1. The van der Waals surface area contributed by atoms with E-state index in [0.717, 1.165) is 35.4 Å². The summed E-state index contributed by atoms with van der Waals surface area (Å²) in [7, 11) is 1.64. The van der Waals surface area contributed by atoms with Gasteiger partial charge in [0.2, 0.25) is 5.89 Å². The van der Waals surface area contributed by atoms with Crippen LogP contribution < -0.4 is 4.74 Å². The highest BCUT2D eigenvalue weighted by atomic mass is 32.2. The number of aromatic nitrogens is 2. The van der Waals surface area contributed by atoms with Gasteiger partial charge in [0.15, 0.2) is 0 Å². The Morgan fingerprint density at radius 3 is 2.61 bits per heavy atom. The van der Waals surface area contributed by atoms with Gasteiger partial charge in [0.25, 0.3) is 11.1 Å². The molecule has 0 spiro atoms. The molecule has 2 aromatic carbocycles. The Morgan fingerprint density at radius 1 is 1.13 bits per heavy atom. The van der Waals surface area contributed by atoms with Crippen molar-refractivity contribution < 1.29 is 13.9 Å². The molecule has 8 heteroatoms. The molecule has 0 N–H and O–H groups in total. The summed E-state index contributed by atoms with van der Waals surface area (Å²) < 4.78 is 10.9. The average molecular weight is 435 g/mol. The first-order valence-electron chi connectivity index (χ1n) is 10.3. The van der Waals surface area contributed by atoms with Crippen molar-refractivity contribution >= 4 is 23.4 Å². The van der Waals surface area contributed by atoms with Crippen LogP contribution in [0.5, 0.6) is 5.75 Å². The first-order valence-corrected chi connectivity index (χ1v) is 11.2. The van der Waals surface area contributed by atoms with Crippen LogP contribution in [0.3, 0.4) is 0 Å². The van der Waals surface area contributed by atoms with Crippen LogP contribution in [-0.2, 0) is 4.79 Å². The topological polar surface area (TPSA) is 80.8 Å². The van der Waals surface area contributed by atoms with Crippen LogP contribution in [0.2, 0.25) is 0 Å². The molecular weight excluding hydrogens is 412 g/mol. The van der Waals surface area contributed by atoms with Gasteiger partial charge in [0.05, 0.1) is 24.6 Å². The largest absolute Gasteiger partial charge is 0.497 e. The zero-order valence-electron chi connectivity index (χ0n) is 17.1. The third kappa shape index (κ3) is 4.34. The molecule has 1 aromatic heterocycles. The summed E-state index contributed by atoms with van der Waals surface area (Å²) in [6.07, 6.45) is 2.85. The van der Waals surface area contributed by atoms with Gasteiger partial charge in [-0.1, -0.05) is 54.2 Å². The zero-order valence-corrected chi connectivity index (χ0v) is 17.9. The number of thioether (sulfide) groups is 1. The fraction of sp³-hybridized carbons (Fsp3) is 0.304. The number of amides is 1. The lowest BCUT2D eigenvalue weighted by molar-refractivity contribution is -0.130. The molecule has 158 valence electrons. The van der Waals surface area contributed by atoms with Gasteiger partial charge in [0, 0.05) is 12.3 Å². The monoisotopic (exact) mass is 434 g/mol. The molecule has 31 heavy (non-hydrogen) atoms. The Labute approximate surface area is 184 Å². The molecule has 1 fully saturated rings. The first kappa shape index (κ1) is 19.8. The second-order valence-corrected chi connectivity index (χ2v) is 8.54. The van der Waals surface area contributed by atoms with Crippen molar-refractivity contribution in [2.75, 3.05) is 12.9 Å². The number of hydrogen-bond acceptors (Lipinski definition) is 7. The predicted octanol–water partition coefficient (Wildman–Crippen LogP) is 4.43. The third-order valence-electron chi connectivity index (χ3n) is 5.44. The second-order valence-electron chi connectivity index (χ2n) is 7.61. The van der Waals surface area contributed by atoms with E-state index in [0.29, 0.717) is 23.5 Å². The maximum Gasteiger partial charge on any atom is 0.277 e. The van der Waals surface area contributed by atoms with Crippen molar-refractivity contribution in [2.24, 2.45) is 5.10 Å². The van der Waals surface area contributed by atoms with Gasteiger partial charge < -0.3 is 9.15 Å². The number of ether oxygens (including phenoxy) is 1. The minimum absolute atomic E-state index is 0.0945. The predicted molar refractivity (Wildman–Crippen MR) is 117 cm³/mol. The molecule has 0 bridgehead atoms. The van der Waals surface area contributed by atoms with Gasteiger partial charge >= 0.3 is 0 Å². The van der Waals surface area contributed by atoms with Crippen molar-refractivity contribution in [1.82, 2.24) is 15.2 Å². The molecule has 1 aliphatic heterocycles. The molecule has 7 nitrogen and oxygen atoms in total. The summed E-state index contributed by atoms with van der Waals surface area (Å²) in [6, 6.07) is 17.6. The molecule has 1 atom stereocenters. The van der Waals surface area contributed by atoms with Crippen molar-refractivity contribution in [3.63, 3.8) is 0 Å². The minimum atomic E-state index is -0.168. The molecule has 0 saturated heterocycles. The lowest BCUT2D eigenvalue weighted by Crippen LogP contribution is -2.28. The Balaban J connectivity index is 1.35. The summed E-state index contributed by atoms with van der Waals surface area (Å²) in [6.45, 7) is 0. The Hall–Kier alpha value is -3.13. The third-order valence-corrected chi connectivity index (χ3v) is 6.24. The first-order chi connectivity index (χ1) is 15.2. The second kappa shape index (κ2) is 8.55. The molecule has 2 heterocycles. The minimum Gasteiger partial charge on any atom is -0.497 e. The van der Waals surface area contributed by atoms with E-state index in [1.54, 1.807) is 12.1 Å². The standard InChI is InChI=1S/C23H22N4O3S/c1-29-18-11-9-16(10-12-18)20-13-19(15-5-3-2-4-6-15)26-27(20)21(28)14-31-23-25-24-22(30-23)17-7-8-17/h2-6,9-12,17,20H,7-8,13-14H2,1H3. The number of nitrogens with zero attached hydrogens (tertiary/aromatic N) is 4. The molecule has 1 saturated carbocycles. The SMILES string of the molecule is COc1ccc(C2CC(c3ccccc3)=NN2C(=O)CSc2nnc(C3CC3)o2)cc1. The highest BCUT2D eigenvalue weighted by Gasteiger charge is 2.34. The Kier molecular flexibility index (Phi) is 5.46. The van der Waals surface area contributed by atoms with Crippen molar-refractivity contribution in [3.8, 4) is 5.75 Å². The summed E-state index contributed by atoms with van der Waals surface area (Å²) in [4.78, 5) is 13.1. The van der Waals surface area contributed by atoms with Crippen LogP contribution >= 0.6 is 11.8 Å². The van der Waals surface area contributed by atoms with Gasteiger partial charge in [0.1, 0.15) is 5.75 Å². The van der Waals surface area contributed by atoms with E-state index >= 15 is 0 Å². The summed E-state index contributed by atoms with van der Waals surface area (Å²) >= 11 is 1.26. The quantitative estimate of drug-likeness (QED) is 0.512. The maximum atomic E-state index is 13.1. The van der Waals surface area contributed by atoms with Crippen LogP contribution in [0.15, 0.2) is 69.3 Å². The van der Waals surface area contributed by atoms with Crippen LogP contribution in [0.1, 0.15) is 48.2 Å². The number of carbonyl (C=O) groups excluding carboxylic acids is 1. The number of methoxy groups -OCH3 is 1. The van der Waals surface area contributed by atoms with Crippen LogP contribution in [0, 0.1) is 0 Å². The highest BCUT2D eigenvalue weighted by molar-refractivity contribution is 7.99. The van der Waals surface area contributed by atoms with Gasteiger partial charge in [-0.2, -0.15) is 5.10 Å². The average Bonchev–Trinajstić information content (AvgIpc) is 3.39. The zero-order chi connectivity index (χ0) is 21.2. The molecule has 2 aliphatic rings. The number of carbonyl (C=O) groups is 1. The Bertz CT molecular complexity index is 1090. The van der Waals surface area contributed by atoms with E-state index < -0.39 is 0 Å². The molecule has 0 radical (unpaired) electrons. The molecule has 1 unspecified atom stereocenters. The van der Waals surface area contributed by atoms with Gasteiger partial charge in [-0.3, -0.25) is 4.79 Å². The maximum absolute atomic E-state index is 13.1. The van der Waals surface area contributed by atoms with E-state index in [1.807, 2.05) is 54.6 Å². The van der Waals surface area contributed by atoms with Crippen LogP contribution in [0.25, 0.3) is 0 Å². The van der Waals surface area contributed by atoms with Crippen molar-refractivity contribution in [1.29, 1.82) is 0 Å². The molecule has 3 aromatic rings. The van der Waals surface area contributed by atoms with Gasteiger partial charge in [-0.15, -0.1) is 10.2 Å². The Morgan fingerprint density at radius 2 is 1.90 bits per heavy atom. The van der Waals surface area contributed by atoms with E-state index in [9.17, 15) is 4.79 Å². The van der Waals surface area contributed by atoms with Crippen molar-refractivity contribution in [3.05, 3.63) is 71.6 Å². The number of benzene rings is 2. The summed E-state index contributed by atoms with van der Waals surface area (Å²) in [5.41, 5.74) is 2.94. The fourth-order valence-electron chi connectivity index (χ4n) is 3.59. The molecular formula is C23H22N4O3S. The van der Waals surface area contributed by atoms with E-state index in [2.05, 4.69) is 10.2 Å². The van der Waals surface area contributed by atoms with Gasteiger partial charge in [-0.05, 0) is 36.1 Å². The van der Waals surface area contributed by atoms with Crippen LogP contribution in [-0.4, -0.2) is 39.7 Å². The number of rotatable bonds is 7. The van der Waals surface area contributed by atoms with Crippen molar-refractivity contribution in [2.45, 2.75) is 36.4 Å². The van der Waals surface area contributed by atoms with Gasteiger partial charge in [-0.25, -0.2) is 5.01 Å². The number of hydrogen-bond donors (Lipinski definition) is 0. The molecule has 5 rings (SSSR count). The molecule has 1 amide bonds. The lowest BCUT2D eigenvalue weighted by atomic mass is 9.98. The highest BCUT2D eigenvalue weighted by Crippen LogP contribution is 2.40. The summed E-state index contributed by atoms with van der Waals surface area (Å²) in [5.74, 6) is 1.94. The molecule has 1 aliphatic carbocycles. The lowest BCUT2D eigenvalue weighted by Gasteiger charge is -2.22. The van der Waals surface area contributed by atoms with E-state index in [-0.39, 0.29) is 17.7 Å². The summed E-state index contributed by atoms with van der Waals surface area (Å²) in [5, 5.41) is 14.9. The van der Waals surface area contributed by atoms with E-state index in [1.165, 1.54) is 11.8 Å².